The van der Waals surface area contributed by atoms with Crippen molar-refractivity contribution in [2.24, 2.45) is 0 Å². The lowest BCUT2D eigenvalue weighted by Crippen LogP contribution is -2.49. The highest BCUT2D eigenvalue weighted by Gasteiger charge is 2.36. The Morgan fingerprint density at radius 2 is 1.87 bits per heavy atom. The third-order valence-electron chi connectivity index (χ3n) is 5.76. The summed E-state index contributed by atoms with van der Waals surface area (Å²) in [6, 6.07) is 9.39. The first-order valence-corrected chi connectivity index (χ1v) is 12.0. The zero-order valence-electron chi connectivity index (χ0n) is 17.6. The largest absolute Gasteiger partial charge is 0.497 e. The number of methoxy groups -OCH3 is 1. The third-order valence-corrected chi connectivity index (χ3v) is 7.41. The summed E-state index contributed by atoms with van der Waals surface area (Å²) in [6.07, 6.45) is 3.79. The maximum absolute atomic E-state index is 13.0. The van der Waals surface area contributed by atoms with Crippen LogP contribution >= 0.6 is 0 Å². The lowest BCUT2D eigenvalue weighted by atomic mass is 10.1. The van der Waals surface area contributed by atoms with Gasteiger partial charge in [-0.25, -0.2) is 4.68 Å². The van der Waals surface area contributed by atoms with E-state index in [4.69, 9.17) is 9.47 Å². The van der Waals surface area contributed by atoms with Gasteiger partial charge in [0.1, 0.15) is 5.75 Å². The van der Waals surface area contributed by atoms with Gasteiger partial charge in [-0.3, -0.25) is 4.79 Å². The zero-order chi connectivity index (χ0) is 21.8. The molecule has 2 aromatic rings. The van der Waals surface area contributed by atoms with E-state index in [0.29, 0.717) is 24.5 Å². The average Bonchev–Trinajstić information content (AvgIpc) is 3.03. The van der Waals surface area contributed by atoms with E-state index in [1.807, 2.05) is 24.3 Å². The Bertz CT molecular complexity index is 1060. The van der Waals surface area contributed by atoms with Crippen LogP contribution in [0.3, 0.4) is 0 Å². The molecule has 2 aliphatic rings. The fourth-order valence-electron chi connectivity index (χ4n) is 4.04. The summed E-state index contributed by atoms with van der Waals surface area (Å²) in [5.74, 6) is 0.685. The van der Waals surface area contributed by atoms with Gasteiger partial charge in [-0.15, -0.1) is 0 Å². The highest BCUT2D eigenvalue weighted by Crippen LogP contribution is 2.24. The van der Waals surface area contributed by atoms with Crippen molar-refractivity contribution in [1.29, 1.82) is 0 Å². The van der Waals surface area contributed by atoms with Gasteiger partial charge in [-0.2, -0.15) is 22.5 Å². The molecule has 2 fully saturated rings. The van der Waals surface area contributed by atoms with E-state index in [9.17, 15) is 13.2 Å². The molecular weight excluding hydrogens is 420 g/mol. The third kappa shape index (κ3) is 4.98. The van der Waals surface area contributed by atoms with Crippen LogP contribution in [-0.4, -0.2) is 62.0 Å². The summed E-state index contributed by atoms with van der Waals surface area (Å²) in [6.45, 7) is 1.42. The maximum atomic E-state index is 13.0. The fraction of sp³-hybridized carbons (Fsp3) is 0.524. The molecule has 1 aromatic carbocycles. The second-order valence-corrected chi connectivity index (χ2v) is 9.58. The van der Waals surface area contributed by atoms with E-state index in [1.165, 1.54) is 15.1 Å². The topological polar surface area (TPSA) is 103 Å². The monoisotopic (exact) mass is 448 g/mol. The van der Waals surface area contributed by atoms with Gasteiger partial charge in [-0.05, 0) is 31.0 Å². The molecule has 2 atom stereocenters. The number of rotatable bonds is 6. The van der Waals surface area contributed by atoms with Crippen LogP contribution in [0.5, 0.6) is 5.75 Å². The summed E-state index contributed by atoms with van der Waals surface area (Å²) >= 11 is 0. The highest BCUT2D eigenvalue weighted by atomic mass is 32.2. The normalized spacial score (nSPS) is 22.9. The molecule has 3 heterocycles. The second kappa shape index (κ2) is 9.47. The van der Waals surface area contributed by atoms with Crippen molar-refractivity contribution in [1.82, 2.24) is 18.8 Å². The number of ether oxygens (including phenoxy) is 2. The van der Waals surface area contributed by atoms with Crippen molar-refractivity contribution in [3.05, 3.63) is 46.8 Å². The molecular formula is C21H28N4O5S. The molecule has 0 bridgehead atoms. The molecule has 2 aliphatic heterocycles. The van der Waals surface area contributed by atoms with Gasteiger partial charge in [0.15, 0.2) is 0 Å². The lowest BCUT2D eigenvalue weighted by Gasteiger charge is -2.25. The number of nitrogens with zero attached hydrogens (tertiary/aromatic N) is 3. The van der Waals surface area contributed by atoms with Gasteiger partial charge in [-0.1, -0.05) is 25.0 Å². The van der Waals surface area contributed by atoms with Crippen LogP contribution in [0.15, 0.2) is 41.2 Å². The molecule has 2 saturated heterocycles. The molecule has 31 heavy (non-hydrogen) atoms. The second-order valence-electron chi connectivity index (χ2n) is 7.88. The molecule has 2 unspecified atom stereocenters. The minimum absolute atomic E-state index is 0.190. The molecule has 1 aromatic heterocycles. The predicted molar refractivity (Wildman–Crippen MR) is 116 cm³/mol. The van der Waals surface area contributed by atoms with Crippen LogP contribution in [0, 0.1) is 0 Å². The number of nitrogens with one attached hydrogen (secondary N) is 1. The van der Waals surface area contributed by atoms with Crippen LogP contribution in [-0.2, 0) is 14.9 Å². The average molecular weight is 449 g/mol. The Morgan fingerprint density at radius 1 is 1.10 bits per heavy atom. The fourth-order valence-corrected chi connectivity index (χ4v) is 5.54. The highest BCUT2D eigenvalue weighted by molar-refractivity contribution is 7.87. The number of hydrogen-bond acceptors (Lipinski definition) is 6. The van der Waals surface area contributed by atoms with Crippen LogP contribution in [0.1, 0.15) is 31.7 Å². The molecule has 1 N–H and O–H groups in total. The molecule has 4 rings (SSSR count). The van der Waals surface area contributed by atoms with Crippen molar-refractivity contribution in [2.45, 2.75) is 37.8 Å². The van der Waals surface area contributed by atoms with Crippen LogP contribution in [0.25, 0.3) is 11.3 Å². The molecule has 10 heteroatoms. The lowest BCUT2D eigenvalue weighted by molar-refractivity contribution is 0.181. The first-order valence-electron chi connectivity index (χ1n) is 10.6. The van der Waals surface area contributed by atoms with Gasteiger partial charge in [0.25, 0.3) is 15.8 Å². The number of aromatic nitrogens is 2. The molecule has 0 spiro atoms. The smallest absolute Gasteiger partial charge is 0.279 e. The van der Waals surface area contributed by atoms with Gasteiger partial charge in [0.05, 0.1) is 38.1 Å². The first kappa shape index (κ1) is 21.9. The van der Waals surface area contributed by atoms with E-state index in [1.54, 1.807) is 13.2 Å². The van der Waals surface area contributed by atoms with E-state index in [2.05, 4.69) is 9.82 Å². The minimum Gasteiger partial charge on any atom is -0.497 e. The van der Waals surface area contributed by atoms with Crippen molar-refractivity contribution in [2.75, 3.05) is 33.4 Å². The predicted octanol–water partition coefficient (Wildman–Crippen LogP) is 1.57. The Hall–Kier alpha value is -2.27. The molecule has 168 valence electrons. The molecule has 0 radical (unpaired) electrons. The summed E-state index contributed by atoms with van der Waals surface area (Å²) in [5, 5.41) is 4.53. The van der Waals surface area contributed by atoms with E-state index >= 15 is 0 Å². The molecule has 9 nitrogen and oxygen atoms in total. The van der Waals surface area contributed by atoms with E-state index in [0.717, 1.165) is 31.2 Å². The maximum Gasteiger partial charge on any atom is 0.279 e. The minimum atomic E-state index is -3.67. The number of hydrogen-bond donors (Lipinski definition) is 1. The molecule has 0 aliphatic carbocycles. The first-order chi connectivity index (χ1) is 15.0. The van der Waals surface area contributed by atoms with Crippen molar-refractivity contribution in [3.8, 4) is 17.0 Å². The Kier molecular flexibility index (Phi) is 6.71. The Labute approximate surface area is 182 Å². The van der Waals surface area contributed by atoms with E-state index < -0.39 is 22.3 Å². The Morgan fingerprint density at radius 3 is 2.61 bits per heavy atom. The molecule has 0 saturated carbocycles. The zero-order valence-corrected chi connectivity index (χ0v) is 18.4. The van der Waals surface area contributed by atoms with Crippen LogP contribution in [0.4, 0.5) is 0 Å². The summed E-state index contributed by atoms with van der Waals surface area (Å²) in [5.41, 5.74) is 1.09. The van der Waals surface area contributed by atoms with Crippen LogP contribution in [0.2, 0.25) is 0 Å². The SMILES string of the molecule is COc1cccc(-c2ccc(=O)n(C3COCC3NS(=O)(=O)N3CCCCCC3)n2)c1. The summed E-state index contributed by atoms with van der Waals surface area (Å²) in [4.78, 5) is 12.6. The standard InChI is InChI=1S/C21H28N4O5S/c1-29-17-8-6-7-16(13-17)18-9-10-21(26)25(22-18)20-15-30-14-19(20)23-31(27,28)24-11-4-2-3-5-12-24/h6-10,13,19-20,23H,2-5,11-12,14-15H2,1H3. The Balaban J connectivity index is 1.59. The van der Waals surface area contributed by atoms with Crippen molar-refractivity contribution in [3.63, 3.8) is 0 Å². The number of benzene rings is 1. The van der Waals surface area contributed by atoms with Gasteiger partial charge >= 0.3 is 0 Å². The summed E-state index contributed by atoms with van der Waals surface area (Å²) in [7, 11) is -2.08. The van der Waals surface area contributed by atoms with Crippen LogP contribution < -0.4 is 15.0 Å². The van der Waals surface area contributed by atoms with Gasteiger partial charge in [0.2, 0.25) is 0 Å². The van der Waals surface area contributed by atoms with Gasteiger partial charge in [0, 0.05) is 24.7 Å². The van der Waals surface area contributed by atoms with Crippen molar-refractivity contribution < 1.29 is 17.9 Å². The van der Waals surface area contributed by atoms with Gasteiger partial charge < -0.3 is 9.47 Å². The quantitative estimate of drug-likeness (QED) is 0.720. The summed E-state index contributed by atoms with van der Waals surface area (Å²) < 4.78 is 42.3. The van der Waals surface area contributed by atoms with Crippen molar-refractivity contribution >= 4 is 10.2 Å². The molecule has 0 amide bonds. The van der Waals surface area contributed by atoms with E-state index in [-0.39, 0.29) is 18.8 Å².